The van der Waals surface area contributed by atoms with Gasteiger partial charge in [-0.15, -0.1) is 0 Å². The molecule has 4 N–H and O–H groups in total. The number of likely N-dealkylation sites (N-methyl/N-ethyl adjacent to an activating group) is 1. The molecule has 0 spiro atoms. The summed E-state index contributed by atoms with van der Waals surface area (Å²) in [5.41, 5.74) is 3.59. The van der Waals surface area contributed by atoms with E-state index in [1.165, 1.54) is 0 Å². The largest absolute Gasteiger partial charge is 0.368 e. The lowest BCUT2D eigenvalue weighted by atomic mass is 10.2. The number of nitrogens with zero attached hydrogens (tertiary/aromatic N) is 3. The van der Waals surface area contributed by atoms with Gasteiger partial charge in [0.25, 0.3) is 0 Å². The lowest BCUT2D eigenvalue weighted by Gasteiger charge is -2.23. The molecule has 0 aliphatic heterocycles. The third-order valence-corrected chi connectivity index (χ3v) is 3.75. The molecule has 1 aromatic heterocycles. The first kappa shape index (κ1) is 16.7. The number of hydrogen-bond donors (Lipinski definition) is 3. The predicted octanol–water partition coefficient (Wildman–Crippen LogP) is 1.78. The molecule has 0 aliphatic rings. The molecule has 1 aromatic rings. The molecule has 1 unspecified atom stereocenters. The van der Waals surface area contributed by atoms with Gasteiger partial charge in [-0.2, -0.15) is 0 Å². The third-order valence-electron chi connectivity index (χ3n) is 3.75. The van der Waals surface area contributed by atoms with Crippen molar-refractivity contribution >= 4 is 11.6 Å². The third kappa shape index (κ3) is 4.31. The van der Waals surface area contributed by atoms with Gasteiger partial charge in [0.1, 0.15) is 17.5 Å². The topological polar surface area (TPSA) is 79.1 Å². The molecule has 6 heteroatoms. The van der Waals surface area contributed by atoms with Gasteiger partial charge in [0.2, 0.25) is 0 Å². The first-order valence-electron chi connectivity index (χ1n) is 7.31. The summed E-state index contributed by atoms with van der Waals surface area (Å²) in [5.74, 6) is 7.85. The molecule has 0 saturated heterocycles. The average molecular weight is 280 g/mol. The van der Waals surface area contributed by atoms with Crippen LogP contribution in [0.3, 0.4) is 0 Å². The molecule has 1 rings (SSSR count). The van der Waals surface area contributed by atoms with E-state index in [0.29, 0.717) is 11.9 Å². The van der Waals surface area contributed by atoms with Gasteiger partial charge >= 0.3 is 0 Å². The Balaban J connectivity index is 2.68. The summed E-state index contributed by atoms with van der Waals surface area (Å²) in [6.45, 7) is 10.3. The molecule has 6 nitrogen and oxygen atoms in total. The first-order valence-corrected chi connectivity index (χ1v) is 7.31. The fraction of sp³-hybridized carbons (Fsp3) is 0.714. The van der Waals surface area contributed by atoms with E-state index in [0.717, 1.165) is 43.1 Å². The van der Waals surface area contributed by atoms with Crippen molar-refractivity contribution in [2.24, 2.45) is 5.84 Å². The SMILES string of the molecule is CCc1nc(NN)c(C)c(NCCN(C)C(C)CC)n1. The van der Waals surface area contributed by atoms with Gasteiger partial charge < -0.3 is 15.6 Å². The molecule has 0 bridgehead atoms. The van der Waals surface area contributed by atoms with E-state index in [1.807, 2.05) is 13.8 Å². The van der Waals surface area contributed by atoms with E-state index in [9.17, 15) is 0 Å². The fourth-order valence-electron chi connectivity index (χ4n) is 1.92. The second-order valence-electron chi connectivity index (χ2n) is 5.12. The van der Waals surface area contributed by atoms with Gasteiger partial charge in [-0.05, 0) is 27.3 Å². The summed E-state index contributed by atoms with van der Waals surface area (Å²) in [5, 5.41) is 3.38. The van der Waals surface area contributed by atoms with Gasteiger partial charge in [-0.1, -0.05) is 13.8 Å². The highest BCUT2D eigenvalue weighted by atomic mass is 15.3. The van der Waals surface area contributed by atoms with Crippen molar-refractivity contribution < 1.29 is 0 Å². The summed E-state index contributed by atoms with van der Waals surface area (Å²) in [7, 11) is 2.15. The van der Waals surface area contributed by atoms with Crippen LogP contribution in [0.25, 0.3) is 0 Å². The minimum absolute atomic E-state index is 0.593. The summed E-state index contributed by atoms with van der Waals surface area (Å²) < 4.78 is 0. The average Bonchev–Trinajstić information content (AvgIpc) is 2.47. The number of aryl methyl sites for hydroxylation is 1. The van der Waals surface area contributed by atoms with Gasteiger partial charge in [0.05, 0.1) is 0 Å². The zero-order valence-electron chi connectivity index (χ0n) is 13.3. The van der Waals surface area contributed by atoms with Crippen LogP contribution in [0.2, 0.25) is 0 Å². The Morgan fingerprint density at radius 2 is 1.90 bits per heavy atom. The lowest BCUT2D eigenvalue weighted by molar-refractivity contribution is 0.261. The van der Waals surface area contributed by atoms with E-state index < -0.39 is 0 Å². The number of aromatic nitrogens is 2. The van der Waals surface area contributed by atoms with Crippen LogP contribution in [0.15, 0.2) is 0 Å². The van der Waals surface area contributed by atoms with E-state index in [-0.39, 0.29) is 0 Å². The van der Waals surface area contributed by atoms with E-state index in [1.54, 1.807) is 0 Å². The molecule has 0 fully saturated rings. The Hall–Kier alpha value is -1.40. The van der Waals surface area contributed by atoms with Crippen LogP contribution in [0.4, 0.5) is 11.6 Å². The summed E-state index contributed by atoms with van der Waals surface area (Å²) >= 11 is 0. The van der Waals surface area contributed by atoms with Gasteiger partial charge in [0, 0.05) is 31.1 Å². The quantitative estimate of drug-likeness (QED) is 0.497. The van der Waals surface area contributed by atoms with Crippen molar-refractivity contribution in [3.63, 3.8) is 0 Å². The lowest BCUT2D eigenvalue weighted by Crippen LogP contribution is -2.33. The number of anilines is 2. The molecule has 0 radical (unpaired) electrons. The molecule has 20 heavy (non-hydrogen) atoms. The van der Waals surface area contributed by atoms with Crippen LogP contribution in [-0.2, 0) is 6.42 Å². The zero-order valence-corrected chi connectivity index (χ0v) is 13.3. The van der Waals surface area contributed by atoms with Crippen molar-refractivity contribution in [3.05, 3.63) is 11.4 Å². The Kier molecular flexibility index (Phi) is 6.67. The van der Waals surface area contributed by atoms with Crippen molar-refractivity contribution in [3.8, 4) is 0 Å². The number of hydrogen-bond acceptors (Lipinski definition) is 6. The second-order valence-corrected chi connectivity index (χ2v) is 5.12. The maximum absolute atomic E-state index is 5.50. The van der Waals surface area contributed by atoms with Crippen molar-refractivity contribution in [2.75, 3.05) is 30.9 Å². The standard InChI is InChI=1S/C14H28N6/c1-6-10(3)20(5)9-8-16-13-11(4)14(19-15)18-12(7-2)17-13/h10H,6-9,15H2,1-5H3,(H2,16,17,18,19). The van der Waals surface area contributed by atoms with Crippen LogP contribution in [0.5, 0.6) is 0 Å². The number of nitrogen functional groups attached to an aromatic ring is 1. The summed E-state index contributed by atoms with van der Waals surface area (Å²) in [4.78, 5) is 11.2. The Labute approximate surface area is 122 Å². The predicted molar refractivity (Wildman–Crippen MR) is 84.8 cm³/mol. The van der Waals surface area contributed by atoms with E-state index >= 15 is 0 Å². The number of hydrazine groups is 1. The fourth-order valence-corrected chi connectivity index (χ4v) is 1.92. The van der Waals surface area contributed by atoms with Crippen LogP contribution in [0.1, 0.15) is 38.6 Å². The molecular weight excluding hydrogens is 252 g/mol. The van der Waals surface area contributed by atoms with Crippen molar-refractivity contribution in [1.29, 1.82) is 0 Å². The van der Waals surface area contributed by atoms with E-state index in [2.05, 4.69) is 46.5 Å². The van der Waals surface area contributed by atoms with Crippen molar-refractivity contribution in [2.45, 2.75) is 46.6 Å². The maximum Gasteiger partial charge on any atom is 0.148 e. The number of rotatable bonds is 8. The second kappa shape index (κ2) is 8.01. The molecule has 0 aromatic carbocycles. The molecule has 1 heterocycles. The molecule has 0 amide bonds. The minimum atomic E-state index is 0.593. The highest BCUT2D eigenvalue weighted by Crippen LogP contribution is 2.19. The maximum atomic E-state index is 5.50. The molecule has 0 saturated carbocycles. The van der Waals surface area contributed by atoms with Crippen molar-refractivity contribution in [1.82, 2.24) is 14.9 Å². The van der Waals surface area contributed by atoms with Gasteiger partial charge in [0.15, 0.2) is 0 Å². The molecule has 1 atom stereocenters. The van der Waals surface area contributed by atoms with Crippen LogP contribution in [0, 0.1) is 6.92 Å². The highest BCUT2D eigenvalue weighted by Gasteiger charge is 2.10. The minimum Gasteiger partial charge on any atom is -0.368 e. The summed E-state index contributed by atoms with van der Waals surface area (Å²) in [6, 6.07) is 0.593. The van der Waals surface area contributed by atoms with E-state index in [4.69, 9.17) is 5.84 Å². The van der Waals surface area contributed by atoms with Crippen LogP contribution < -0.4 is 16.6 Å². The van der Waals surface area contributed by atoms with Gasteiger partial charge in [-0.3, -0.25) is 0 Å². The monoisotopic (exact) mass is 280 g/mol. The molecular formula is C14H28N6. The van der Waals surface area contributed by atoms with Gasteiger partial charge in [-0.25, -0.2) is 15.8 Å². The van der Waals surface area contributed by atoms with Crippen LogP contribution in [-0.4, -0.2) is 41.0 Å². The molecule has 114 valence electrons. The molecule has 0 aliphatic carbocycles. The Morgan fingerprint density at radius 1 is 1.25 bits per heavy atom. The Bertz CT molecular complexity index is 420. The summed E-state index contributed by atoms with van der Waals surface area (Å²) in [6.07, 6.45) is 1.95. The first-order chi connectivity index (χ1) is 9.53. The normalized spacial score (nSPS) is 12.6. The smallest absolute Gasteiger partial charge is 0.148 e. The Morgan fingerprint density at radius 3 is 2.45 bits per heavy atom. The van der Waals surface area contributed by atoms with Crippen LogP contribution >= 0.6 is 0 Å². The number of nitrogens with two attached hydrogens (primary N) is 1. The zero-order chi connectivity index (χ0) is 15.1. The highest BCUT2D eigenvalue weighted by molar-refractivity contribution is 5.56. The number of nitrogens with one attached hydrogen (secondary N) is 2.